The SMILES string of the molecule is CC(C)c1cc(S(N)(=O)=O)ccc1OCCC(=O)N(C)C. The molecular weight excluding hydrogens is 292 g/mol. The number of amides is 1. The van der Waals surface area contributed by atoms with Crippen LogP contribution >= 0.6 is 0 Å². The van der Waals surface area contributed by atoms with Crippen molar-refractivity contribution in [3.63, 3.8) is 0 Å². The normalized spacial score (nSPS) is 11.5. The van der Waals surface area contributed by atoms with Gasteiger partial charge in [0.2, 0.25) is 15.9 Å². The molecule has 0 aliphatic heterocycles. The predicted octanol–water partition coefficient (Wildman–Crippen LogP) is 1.31. The number of nitrogens with zero attached hydrogens (tertiary/aromatic N) is 1. The number of nitrogens with two attached hydrogens (primary N) is 1. The van der Waals surface area contributed by atoms with Crippen molar-refractivity contribution in [1.82, 2.24) is 4.90 Å². The average molecular weight is 314 g/mol. The highest BCUT2D eigenvalue weighted by atomic mass is 32.2. The number of carbonyl (C=O) groups excluding carboxylic acids is 1. The molecule has 0 heterocycles. The summed E-state index contributed by atoms with van der Waals surface area (Å²) in [5.41, 5.74) is 0.749. The molecule has 0 aromatic heterocycles. The molecule has 6 nitrogen and oxygen atoms in total. The van der Waals surface area contributed by atoms with Gasteiger partial charge in [0.1, 0.15) is 5.75 Å². The fourth-order valence-electron chi connectivity index (χ4n) is 1.76. The predicted molar refractivity (Wildman–Crippen MR) is 80.7 cm³/mol. The second-order valence-corrected chi connectivity index (χ2v) is 6.85. The first-order valence-corrected chi connectivity index (χ1v) is 8.17. The maximum absolute atomic E-state index is 11.5. The van der Waals surface area contributed by atoms with E-state index in [2.05, 4.69) is 0 Å². The molecule has 2 N–H and O–H groups in total. The van der Waals surface area contributed by atoms with Crippen LogP contribution in [0.3, 0.4) is 0 Å². The standard InChI is InChI=1S/C14H22N2O4S/c1-10(2)12-9-11(21(15,18)19)5-6-13(12)20-8-7-14(17)16(3)4/h5-6,9-10H,7-8H2,1-4H3,(H2,15,18,19). The van der Waals surface area contributed by atoms with Crippen LogP contribution in [0.2, 0.25) is 0 Å². The summed E-state index contributed by atoms with van der Waals surface area (Å²) in [4.78, 5) is 13.0. The Bertz CT molecular complexity index is 609. The Morgan fingerprint density at radius 3 is 2.43 bits per heavy atom. The molecule has 1 aromatic rings. The van der Waals surface area contributed by atoms with Crippen LogP contribution in [0.25, 0.3) is 0 Å². The Balaban J connectivity index is 2.90. The molecule has 0 bridgehead atoms. The van der Waals surface area contributed by atoms with E-state index < -0.39 is 10.0 Å². The van der Waals surface area contributed by atoms with E-state index in [-0.39, 0.29) is 29.7 Å². The molecular formula is C14H22N2O4S. The zero-order valence-electron chi connectivity index (χ0n) is 12.8. The van der Waals surface area contributed by atoms with Gasteiger partial charge in [-0.15, -0.1) is 0 Å². The van der Waals surface area contributed by atoms with Gasteiger partial charge in [0, 0.05) is 14.1 Å². The van der Waals surface area contributed by atoms with Gasteiger partial charge in [-0.1, -0.05) is 13.8 Å². The second kappa shape index (κ2) is 6.91. The summed E-state index contributed by atoms with van der Waals surface area (Å²) in [6.07, 6.45) is 0.265. The molecule has 0 atom stereocenters. The Labute approximate surface area is 125 Å². The van der Waals surface area contributed by atoms with Crippen LogP contribution in [0.1, 0.15) is 31.7 Å². The van der Waals surface area contributed by atoms with Crippen molar-refractivity contribution in [2.24, 2.45) is 5.14 Å². The van der Waals surface area contributed by atoms with Crippen molar-refractivity contribution in [3.05, 3.63) is 23.8 Å². The third-order valence-corrected chi connectivity index (χ3v) is 3.92. The molecule has 21 heavy (non-hydrogen) atoms. The number of primary sulfonamides is 1. The van der Waals surface area contributed by atoms with Crippen LogP contribution in [0.4, 0.5) is 0 Å². The van der Waals surface area contributed by atoms with Crippen LogP contribution in [0, 0.1) is 0 Å². The quantitative estimate of drug-likeness (QED) is 0.857. The van der Waals surface area contributed by atoms with Crippen molar-refractivity contribution >= 4 is 15.9 Å². The van der Waals surface area contributed by atoms with Crippen LogP contribution in [-0.2, 0) is 14.8 Å². The topological polar surface area (TPSA) is 89.7 Å². The summed E-state index contributed by atoms with van der Waals surface area (Å²) in [6.45, 7) is 4.10. The lowest BCUT2D eigenvalue weighted by molar-refractivity contribution is -0.129. The number of hydrogen-bond donors (Lipinski definition) is 1. The van der Waals surface area contributed by atoms with E-state index in [1.54, 1.807) is 20.2 Å². The van der Waals surface area contributed by atoms with Crippen LogP contribution in [0.5, 0.6) is 5.75 Å². The molecule has 0 aliphatic carbocycles. The number of hydrogen-bond acceptors (Lipinski definition) is 4. The number of carbonyl (C=O) groups is 1. The van der Waals surface area contributed by atoms with Gasteiger partial charge >= 0.3 is 0 Å². The molecule has 0 aliphatic rings. The van der Waals surface area contributed by atoms with Gasteiger partial charge in [-0.3, -0.25) is 4.79 Å². The van der Waals surface area contributed by atoms with Gasteiger partial charge in [0.25, 0.3) is 0 Å². The zero-order valence-corrected chi connectivity index (χ0v) is 13.6. The summed E-state index contributed by atoms with van der Waals surface area (Å²) in [6, 6.07) is 4.50. The molecule has 0 fully saturated rings. The maximum atomic E-state index is 11.5. The summed E-state index contributed by atoms with van der Waals surface area (Å²) in [7, 11) is -0.370. The number of rotatable bonds is 6. The van der Waals surface area contributed by atoms with Gasteiger partial charge < -0.3 is 9.64 Å². The largest absolute Gasteiger partial charge is 0.493 e. The van der Waals surface area contributed by atoms with Gasteiger partial charge in [-0.25, -0.2) is 13.6 Å². The molecule has 0 saturated heterocycles. The third kappa shape index (κ3) is 5.02. The Kier molecular flexibility index (Phi) is 5.74. The van der Waals surface area contributed by atoms with E-state index in [9.17, 15) is 13.2 Å². The van der Waals surface area contributed by atoms with Gasteiger partial charge in [0.05, 0.1) is 17.9 Å². The number of ether oxygens (including phenoxy) is 1. The first-order chi connectivity index (χ1) is 9.62. The molecule has 0 saturated carbocycles. The van der Waals surface area contributed by atoms with Crippen LogP contribution in [0.15, 0.2) is 23.1 Å². The molecule has 0 unspecified atom stereocenters. The van der Waals surface area contributed by atoms with Crippen molar-refractivity contribution < 1.29 is 17.9 Å². The molecule has 1 rings (SSSR count). The lowest BCUT2D eigenvalue weighted by atomic mass is 10.0. The molecule has 1 amide bonds. The Morgan fingerprint density at radius 1 is 1.33 bits per heavy atom. The van der Waals surface area contributed by atoms with Crippen molar-refractivity contribution in [1.29, 1.82) is 0 Å². The molecule has 1 aromatic carbocycles. The van der Waals surface area contributed by atoms with Crippen molar-refractivity contribution in [3.8, 4) is 5.75 Å². The van der Waals surface area contributed by atoms with Crippen molar-refractivity contribution in [2.45, 2.75) is 31.1 Å². The lowest BCUT2D eigenvalue weighted by Crippen LogP contribution is -2.23. The fourth-order valence-corrected chi connectivity index (χ4v) is 2.31. The third-order valence-electron chi connectivity index (χ3n) is 3.00. The smallest absolute Gasteiger partial charge is 0.238 e. The minimum Gasteiger partial charge on any atom is -0.493 e. The molecule has 0 radical (unpaired) electrons. The maximum Gasteiger partial charge on any atom is 0.238 e. The monoisotopic (exact) mass is 314 g/mol. The Morgan fingerprint density at radius 2 is 1.95 bits per heavy atom. The first kappa shape index (κ1) is 17.5. The lowest BCUT2D eigenvalue weighted by Gasteiger charge is -2.16. The average Bonchev–Trinajstić information content (AvgIpc) is 2.37. The number of benzene rings is 1. The summed E-state index contributed by atoms with van der Waals surface area (Å²) in [5.74, 6) is 0.623. The van der Waals surface area contributed by atoms with Crippen LogP contribution < -0.4 is 9.88 Å². The van der Waals surface area contributed by atoms with E-state index in [1.807, 2.05) is 13.8 Å². The molecule has 0 spiro atoms. The molecule has 118 valence electrons. The minimum absolute atomic E-state index is 0.0257. The van der Waals surface area contributed by atoms with E-state index in [0.29, 0.717) is 5.75 Å². The van der Waals surface area contributed by atoms with Crippen molar-refractivity contribution in [2.75, 3.05) is 20.7 Å². The van der Waals surface area contributed by atoms with Gasteiger partial charge in [-0.2, -0.15) is 0 Å². The van der Waals surface area contributed by atoms with E-state index in [4.69, 9.17) is 9.88 Å². The summed E-state index contributed by atoms with van der Waals surface area (Å²) < 4.78 is 28.4. The number of sulfonamides is 1. The van der Waals surface area contributed by atoms with Gasteiger partial charge in [0.15, 0.2) is 0 Å². The highest BCUT2D eigenvalue weighted by molar-refractivity contribution is 7.89. The Hall–Kier alpha value is -1.60. The highest BCUT2D eigenvalue weighted by Gasteiger charge is 2.15. The molecule has 7 heteroatoms. The van der Waals surface area contributed by atoms with E-state index in [1.165, 1.54) is 17.0 Å². The van der Waals surface area contributed by atoms with Crippen LogP contribution in [-0.4, -0.2) is 39.9 Å². The highest BCUT2D eigenvalue weighted by Crippen LogP contribution is 2.29. The van der Waals surface area contributed by atoms with E-state index in [0.717, 1.165) is 5.56 Å². The first-order valence-electron chi connectivity index (χ1n) is 6.62. The fraction of sp³-hybridized carbons (Fsp3) is 0.500. The second-order valence-electron chi connectivity index (χ2n) is 5.29. The van der Waals surface area contributed by atoms with E-state index >= 15 is 0 Å². The van der Waals surface area contributed by atoms with Gasteiger partial charge in [-0.05, 0) is 29.7 Å². The zero-order chi connectivity index (χ0) is 16.2. The summed E-state index contributed by atoms with van der Waals surface area (Å²) in [5, 5.41) is 5.13. The minimum atomic E-state index is -3.74. The summed E-state index contributed by atoms with van der Waals surface area (Å²) >= 11 is 0.